The molecule has 3 heterocycles. The number of aliphatic carboxylic acids is 1. The molecule has 1 amide bonds. The van der Waals surface area contributed by atoms with Gasteiger partial charge in [-0.15, -0.1) is 0 Å². The Labute approximate surface area is 185 Å². The number of aliphatic hydroxyl groups excluding tert-OH is 1. The fraction of sp³-hybridized carbons (Fsp3) is 0.240. The number of nitrogens with two attached hydrogens (primary N) is 1. The summed E-state index contributed by atoms with van der Waals surface area (Å²) < 4.78 is 1.97. The minimum absolute atomic E-state index is 0.0854. The van der Waals surface area contributed by atoms with Crippen LogP contribution in [-0.2, 0) is 16.1 Å². The van der Waals surface area contributed by atoms with Gasteiger partial charge in [0.1, 0.15) is 6.54 Å². The van der Waals surface area contributed by atoms with Gasteiger partial charge in [-0.1, -0.05) is 42.5 Å². The molecule has 2 aliphatic rings. The highest BCUT2D eigenvalue weighted by molar-refractivity contribution is 6.05. The predicted molar refractivity (Wildman–Crippen MR) is 116 cm³/mol. The van der Waals surface area contributed by atoms with Crippen LogP contribution >= 0.6 is 0 Å². The first kappa shape index (κ1) is 20.2. The molecule has 2 aliphatic heterocycles. The van der Waals surface area contributed by atoms with Crippen molar-refractivity contribution in [3.8, 4) is 0 Å². The zero-order valence-corrected chi connectivity index (χ0v) is 17.6. The van der Waals surface area contributed by atoms with Crippen LogP contribution in [0.3, 0.4) is 0 Å². The molecular formula is C25H23N3O4. The van der Waals surface area contributed by atoms with E-state index in [-0.39, 0.29) is 17.6 Å². The lowest BCUT2D eigenvalue weighted by Gasteiger charge is -2.45. The number of anilines is 1. The van der Waals surface area contributed by atoms with Crippen LogP contribution in [0.25, 0.3) is 16.3 Å². The number of pyridine rings is 1. The standard InChI is InChI=1S/C25H23N3O4/c1-14(29)21-20-12-19(22(25(31)32)28(20)24(21)30)17-8-6-15(7-9-17)13-27-11-10-16-4-2-3-5-18(16)23(27)26/h2-11,14,20-21,26,29H,12-13H2,1H3,(H,31,32)/t14-,20-,21-/m1/s1. The Kier molecular flexibility index (Phi) is 4.71. The summed E-state index contributed by atoms with van der Waals surface area (Å²) in [5, 5.41) is 23.8. The molecule has 0 aliphatic carbocycles. The maximum absolute atomic E-state index is 12.4. The average molecular weight is 429 g/mol. The minimum Gasteiger partial charge on any atom is -0.543 e. The second-order valence-corrected chi connectivity index (χ2v) is 8.47. The lowest BCUT2D eigenvalue weighted by molar-refractivity contribution is -0.672. The topological polar surface area (TPSA) is 111 Å². The molecule has 162 valence electrons. The first-order chi connectivity index (χ1) is 15.4. The van der Waals surface area contributed by atoms with Gasteiger partial charge in [0.15, 0.2) is 0 Å². The van der Waals surface area contributed by atoms with Gasteiger partial charge in [-0.3, -0.25) is 10.5 Å². The molecule has 1 saturated heterocycles. The van der Waals surface area contributed by atoms with Crippen LogP contribution in [0.5, 0.6) is 0 Å². The van der Waals surface area contributed by atoms with Crippen LogP contribution in [0.2, 0.25) is 0 Å². The normalized spacial score (nSPS) is 20.9. The molecule has 3 N–H and O–H groups in total. The van der Waals surface area contributed by atoms with E-state index < -0.39 is 18.0 Å². The van der Waals surface area contributed by atoms with Gasteiger partial charge in [-0.25, -0.2) is 4.57 Å². The summed E-state index contributed by atoms with van der Waals surface area (Å²) >= 11 is 0. The number of hydrogen-bond donors (Lipinski definition) is 2. The van der Waals surface area contributed by atoms with E-state index in [2.05, 4.69) is 0 Å². The minimum atomic E-state index is -1.37. The Bertz CT molecular complexity index is 1280. The Morgan fingerprint density at radius 2 is 1.94 bits per heavy atom. The lowest BCUT2D eigenvalue weighted by Crippen LogP contribution is -2.62. The van der Waals surface area contributed by atoms with Crippen molar-refractivity contribution in [2.75, 3.05) is 5.73 Å². The number of carbonyl (C=O) groups is 2. The lowest BCUT2D eigenvalue weighted by atomic mass is 9.82. The van der Waals surface area contributed by atoms with Crippen molar-refractivity contribution >= 4 is 34.0 Å². The molecule has 3 aromatic rings. The first-order valence-electron chi connectivity index (χ1n) is 10.6. The van der Waals surface area contributed by atoms with E-state index in [0.29, 0.717) is 24.4 Å². The average Bonchev–Trinajstić information content (AvgIpc) is 3.11. The quantitative estimate of drug-likeness (QED) is 0.461. The number of carboxylic acids is 1. The number of carbonyl (C=O) groups excluding carboxylic acids is 2. The summed E-state index contributed by atoms with van der Waals surface area (Å²) in [7, 11) is 0. The molecule has 1 aromatic heterocycles. The Hall–Kier alpha value is -3.71. The van der Waals surface area contributed by atoms with Crippen LogP contribution in [0.15, 0.2) is 66.5 Å². The van der Waals surface area contributed by atoms with Gasteiger partial charge in [0.05, 0.1) is 41.3 Å². The van der Waals surface area contributed by atoms with Crippen LogP contribution in [0.1, 0.15) is 24.5 Å². The monoisotopic (exact) mass is 429 g/mol. The third-order valence-corrected chi connectivity index (χ3v) is 6.56. The van der Waals surface area contributed by atoms with Gasteiger partial charge >= 0.3 is 0 Å². The predicted octanol–water partition coefficient (Wildman–Crippen LogP) is 0.830. The zero-order valence-electron chi connectivity index (χ0n) is 17.6. The highest BCUT2D eigenvalue weighted by atomic mass is 16.4. The molecule has 7 nitrogen and oxygen atoms in total. The molecule has 1 fully saturated rings. The van der Waals surface area contributed by atoms with Gasteiger partial charge in [0, 0.05) is 0 Å². The number of aliphatic hydroxyl groups is 1. The smallest absolute Gasteiger partial charge is 0.280 e. The molecule has 0 spiro atoms. The number of hydrogen-bond acceptors (Lipinski definition) is 5. The van der Waals surface area contributed by atoms with E-state index in [9.17, 15) is 19.8 Å². The maximum Gasteiger partial charge on any atom is 0.280 e. The largest absolute Gasteiger partial charge is 0.543 e. The molecule has 5 rings (SSSR count). The third kappa shape index (κ3) is 3.05. The van der Waals surface area contributed by atoms with E-state index in [1.165, 1.54) is 4.90 Å². The van der Waals surface area contributed by atoms with E-state index in [4.69, 9.17) is 5.73 Å². The SMILES string of the molecule is C[C@@H](O)[C@H]1C(=O)N2C(C(=O)[O-])=C(c3ccc(C[n+]4ccc5ccccc5c4N)cc3)C[C@H]12. The molecule has 0 bridgehead atoms. The molecule has 0 unspecified atom stereocenters. The van der Waals surface area contributed by atoms with Crippen LogP contribution in [0.4, 0.5) is 5.82 Å². The molecule has 32 heavy (non-hydrogen) atoms. The Balaban J connectivity index is 1.42. The van der Waals surface area contributed by atoms with Gasteiger partial charge in [-0.05, 0) is 47.6 Å². The van der Waals surface area contributed by atoms with Crippen LogP contribution in [-0.4, -0.2) is 34.0 Å². The number of nitrogens with zero attached hydrogens (tertiary/aromatic N) is 2. The molecule has 7 heteroatoms. The maximum atomic E-state index is 12.4. The van der Waals surface area contributed by atoms with Crippen molar-refractivity contribution in [1.82, 2.24) is 4.90 Å². The van der Waals surface area contributed by atoms with E-state index in [1.54, 1.807) is 6.92 Å². The van der Waals surface area contributed by atoms with Crippen molar-refractivity contribution < 1.29 is 24.4 Å². The van der Waals surface area contributed by atoms with Gasteiger partial charge in [-0.2, -0.15) is 0 Å². The number of carboxylic acid groups (broad SMARTS) is 1. The number of nitrogen functional groups attached to an aromatic ring is 1. The first-order valence-corrected chi connectivity index (χ1v) is 10.6. The van der Waals surface area contributed by atoms with Crippen molar-refractivity contribution in [1.29, 1.82) is 0 Å². The van der Waals surface area contributed by atoms with Crippen molar-refractivity contribution in [3.05, 3.63) is 77.6 Å². The van der Waals surface area contributed by atoms with E-state index in [1.807, 2.05) is 65.4 Å². The van der Waals surface area contributed by atoms with Crippen molar-refractivity contribution in [2.24, 2.45) is 5.92 Å². The molecule has 2 aromatic carbocycles. The highest BCUT2D eigenvalue weighted by Gasteiger charge is 2.55. The summed E-state index contributed by atoms with van der Waals surface area (Å²) in [6.07, 6.45) is 1.51. The fourth-order valence-electron chi connectivity index (χ4n) is 4.94. The van der Waals surface area contributed by atoms with Gasteiger partial charge < -0.3 is 19.9 Å². The number of aromatic nitrogens is 1. The summed E-state index contributed by atoms with van der Waals surface area (Å²) in [5.41, 5.74) is 8.58. The fourth-order valence-corrected chi connectivity index (χ4v) is 4.94. The Morgan fingerprint density at radius 3 is 2.62 bits per heavy atom. The highest BCUT2D eigenvalue weighted by Crippen LogP contribution is 2.46. The second-order valence-electron chi connectivity index (χ2n) is 8.47. The summed E-state index contributed by atoms with van der Waals surface area (Å²) in [6.45, 7) is 2.13. The molecule has 0 saturated carbocycles. The summed E-state index contributed by atoms with van der Waals surface area (Å²) in [5.74, 6) is -1.63. The number of rotatable bonds is 5. The number of benzene rings is 2. The number of amides is 1. The number of fused-ring (bicyclic) bond motifs is 2. The molecule has 3 atom stereocenters. The van der Waals surface area contributed by atoms with Crippen LogP contribution < -0.4 is 15.4 Å². The number of β-lactam (4-membered cyclic amide) rings is 1. The van der Waals surface area contributed by atoms with Gasteiger partial charge in [0.25, 0.3) is 5.82 Å². The van der Waals surface area contributed by atoms with E-state index in [0.717, 1.165) is 21.9 Å². The Morgan fingerprint density at radius 1 is 1.22 bits per heavy atom. The molecular weight excluding hydrogens is 406 g/mol. The molecule has 0 radical (unpaired) electrons. The van der Waals surface area contributed by atoms with Crippen LogP contribution in [0, 0.1) is 5.92 Å². The summed E-state index contributed by atoms with van der Waals surface area (Å²) in [4.78, 5) is 25.5. The summed E-state index contributed by atoms with van der Waals surface area (Å²) in [6, 6.07) is 17.2. The second kappa shape index (κ2) is 7.46. The van der Waals surface area contributed by atoms with Crippen molar-refractivity contribution in [3.63, 3.8) is 0 Å². The third-order valence-electron chi connectivity index (χ3n) is 6.56. The van der Waals surface area contributed by atoms with E-state index >= 15 is 0 Å². The zero-order chi connectivity index (χ0) is 22.6. The van der Waals surface area contributed by atoms with Crippen molar-refractivity contribution in [2.45, 2.75) is 32.0 Å². The van der Waals surface area contributed by atoms with Gasteiger partial charge in [0.2, 0.25) is 5.91 Å².